The molecule has 1 atom stereocenters. The maximum Gasteiger partial charge on any atom is 0.243 e. The molecule has 1 aromatic carbocycles. The van der Waals surface area contributed by atoms with Gasteiger partial charge in [-0.15, -0.1) is 0 Å². The van der Waals surface area contributed by atoms with Gasteiger partial charge in [0.25, 0.3) is 0 Å². The zero-order valence-corrected chi connectivity index (χ0v) is 12.1. The van der Waals surface area contributed by atoms with Crippen LogP contribution in [-0.2, 0) is 10.0 Å². The molecule has 0 amide bonds. The van der Waals surface area contributed by atoms with E-state index >= 15 is 0 Å². The van der Waals surface area contributed by atoms with Crippen LogP contribution in [0.3, 0.4) is 0 Å². The smallest absolute Gasteiger partial charge is 0.243 e. The first-order chi connectivity index (χ1) is 9.59. The van der Waals surface area contributed by atoms with E-state index in [-0.39, 0.29) is 10.9 Å². The van der Waals surface area contributed by atoms with Gasteiger partial charge in [0.1, 0.15) is 13.2 Å². The monoisotopic (exact) mass is 298 g/mol. The molecule has 0 aromatic heterocycles. The second kappa shape index (κ2) is 5.23. The summed E-state index contributed by atoms with van der Waals surface area (Å²) in [7, 11) is -3.49. The van der Waals surface area contributed by atoms with Gasteiger partial charge in [0, 0.05) is 31.7 Å². The summed E-state index contributed by atoms with van der Waals surface area (Å²) in [6, 6.07) is 4.74. The summed E-state index contributed by atoms with van der Waals surface area (Å²) >= 11 is 0. The van der Waals surface area contributed by atoms with Crippen LogP contribution in [0.25, 0.3) is 0 Å². The van der Waals surface area contributed by atoms with Crippen molar-refractivity contribution < 1.29 is 17.9 Å². The number of fused-ring (bicyclic) bond motifs is 1. The fourth-order valence-corrected chi connectivity index (χ4v) is 4.15. The van der Waals surface area contributed by atoms with Crippen LogP contribution in [0.1, 0.15) is 6.92 Å². The summed E-state index contributed by atoms with van der Waals surface area (Å²) in [6.07, 6.45) is 0. The Morgan fingerprint density at radius 1 is 1.25 bits per heavy atom. The Bertz CT molecular complexity index is 602. The van der Waals surface area contributed by atoms with Gasteiger partial charge in [0.15, 0.2) is 11.5 Å². The summed E-state index contributed by atoms with van der Waals surface area (Å²) in [4.78, 5) is 0.260. The Morgan fingerprint density at radius 3 is 2.75 bits per heavy atom. The minimum Gasteiger partial charge on any atom is -0.486 e. The minimum absolute atomic E-state index is 0.0537. The lowest BCUT2D eigenvalue weighted by molar-refractivity contribution is 0.171. The second-order valence-corrected chi connectivity index (χ2v) is 6.86. The van der Waals surface area contributed by atoms with Crippen molar-refractivity contribution in [2.24, 2.45) is 0 Å². The summed E-state index contributed by atoms with van der Waals surface area (Å²) in [5.41, 5.74) is 0. The molecule has 1 N–H and O–H groups in total. The largest absolute Gasteiger partial charge is 0.486 e. The van der Waals surface area contributed by atoms with Crippen LogP contribution < -0.4 is 14.8 Å². The zero-order chi connectivity index (χ0) is 14.2. The van der Waals surface area contributed by atoms with Crippen LogP contribution in [0.2, 0.25) is 0 Å². The number of nitrogens with zero attached hydrogens (tertiary/aromatic N) is 1. The molecule has 1 aromatic rings. The van der Waals surface area contributed by atoms with E-state index in [1.807, 2.05) is 6.92 Å². The maximum atomic E-state index is 12.7. The van der Waals surface area contributed by atoms with Gasteiger partial charge in [-0.3, -0.25) is 0 Å². The number of hydrogen-bond donors (Lipinski definition) is 1. The van der Waals surface area contributed by atoms with Gasteiger partial charge >= 0.3 is 0 Å². The Hall–Kier alpha value is -1.31. The van der Waals surface area contributed by atoms with E-state index < -0.39 is 10.0 Å². The van der Waals surface area contributed by atoms with Crippen molar-refractivity contribution in [3.63, 3.8) is 0 Å². The highest BCUT2D eigenvalue weighted by Crippen LogP contribution is 2.33. The topological polar surface area (TPSA) is 67.9 Å². The summed E-state index contributed by atoms with van der Waals surface area (Å²) in [5.74, 6) is 1.10. The lowest BCUT2D eigenvalue weighted by Gasteiger charge is -2.33. The van der Waals surface area contributed by atoms with E-state index in [1.54, 1.807) is 18.2 Å². The molecule has 0 aliphatic carbocycles. The van der Waals surface area contributed by atoms with Crippen molar-refractivity contribution in [3.8, 4) is 11.5 Å². The molecule has 0 bridgehead atoms. The molecule has 0 saturated carbocycles. The predicted octanol–water partition coefficient (Wildman–Crippen LogP) is 0.440. The number of benzene rings is 1. The van der Waals surface area contributed by atoms with Crippen LogP contribution in [0, 0.1) is 0 Å². The van der Waals surface area contributed by atoms with Crippen LogP contribution in [0.4, 0.5) is 0 Å². The van der Waals surface area contributed by atoms with Crippen LogP contribution in [0.15, 0.2) is 23.1 Å². The number of piperazine rings is 1. The van der Waals surface area contributed by atoms with E-state index in [0.717, 1.165) is 0 Å². The fraction of sp³-hybridized carbons (Fsp3) is 0.538. The van der Waals surface area contributed by atoms with Gasteiger partial charge < -0.3 is 14.8 Å². The third-order valence-corrected chi connectivity index (χ3v) is 5.57. The molecule has 3 rings (SSSR count). The van der Waals surface area contributed by atoms with E-state index in [9.17, 15) is 8.42 Å². The van der Waals surface area contributed by atoms with Gasteiger partial charge in [0.2, 0.25) is 10.0 Å². The standard InChI is InChI=1S/C13H18N2O4S/c1-10-9-14-4-5-15(10)20(16,17)11-2-3-12-13(8-11)19-7-6-18-12/h2-3,8,10,14H,4-7,9H2,1H3. The zero-order valence-electron chi connectivity index (χ0n) is 11.3. The van der Waals surface area contributed by atoms with Crippen molar-refractivity contribution in [3.05, 3.63) is 18.2 Å². The Labute approximate surface area is 118 Å². The highest BCUT2D eigenvalue weighted by atomic mass is 32.2. The highest BCUT2D eigenvalue weighted by Gasteiger charge is 2.31. The molecule has 20 heavy (non-hydrogen) atoms. The average Bonchev–Trinajstić information content (AvgIpc) is 2.47. The molecule has 7 heteroatoms. The Kier molecular flexibility index (Phi) is 3.57. The van der Waals surface area contributed by atoms with Gasteiger partial charge in [-0.05, 0) is 19.1 Å². The molecule has 110 valence electrons. The van der Waals surface area contributed by atoms with Crippen LogP contribution in [0.5, 0.6) is 11.5 Å². The molecule has 0 radical (unpaired) electrons. The van der Waals surface area contributed by atoms with Crippen molar-refractivity contribution >= 4 is 10.0 Å². The van der Waals surface area contributed by atoms with Gasteiger partial charge in [-0.25, -0.2) is 8.42 Å². The molecular formula is C13H18N2O4S. The third-order valence-electron chi connectivity index (χ3n) is 3.56. The van der Waals surface area contributed by atoms with Gasteiger partial charge in [0.05, 0.1) is 4.90 Å². The molecule has 2 aliphatic rings. The summed E-state index contributed by atoms with van der Waals surface area (Å²) in [6.45, 7) is 4.67. The molecular weight excluding hydrogens is 280 g/mol. The summed E-state index contributed by atoms with van der Waals surface area (Å²) in [5, 5.41) is 3.19. The van der Waals surface area contributed by atoms with E-state index in [2.05, 4.69) is 5.32 Å². The third kappa shape index (κ3) is 2.36. The number of nitrogens with one attached hydrogen (secondary N) is 1. The lowest BCUT2D eigenvalue weighted by atomic mass is 10.3. The minimum atomic E-state index is -3.49. The fourth-order valence-electron chi connectivity index (χ4n) is 2.50. The normalized spacial score (nSPS) is 23.6. The predicted molar refractivity (Wildman–Crippen MR) is 73.7 cm³/mol. The molecule has 2 heterocycles. The number of rotatable bonds is 2. The van der Waals surface area contributed by atoms with E-state index in [1.165, 1.54) is 4.31 Å². The SMILES string of the molecule is CC1CNCCN1S(=O)(=O)c1ccc2c(c1)OCCO2. The quantitative estimate of drug-likeness (QED) is 0.858. The molecule has 1 fully saturated rings. The molecule has 0 spiro atoms. The molecule has 1 unspecified atom stereocenters. The molecule has 6 nitrogen and oxygen atoms in total. The Balaban J connectivity index is 1.94. The van der Waals surface area contributed by atoms with Gasteiger partial charge in [-0.1, -0.05) is 0 Å². The first-order valence-electron chi connectivity index (χ1n) is 6.71. The number of sulfonamides is 1. The maximum absolute atomic E-state index is 12.7. The lowest BCUT2D eigenvalue weighted by Crippen LogP contribution is -2.52. The van der Waals surface area contributed by atoms with Crippen molar-refractivity contribution in [1.82, 2.24) is 9.62 Å². The van der Waals surface area contributed by atoms with Crippen LogP contribution >= 0.6 is 0 Å². The Morgan fingerprint density at radius 2 is 2.00 bits per heavy atom. The van der Waals surface area contributed by atoms with Crippen molar-refractivity contribution in [2.75, 3.05) is 32.8 Å². The first kappa shape index (κ1) is 13.7. The second-order valence-electron chi connectivity index (χ2n) is 4.97. The highest BCUT2D eigenvalue weighted by molar-refractivity contribution is 7.89. The summed E-state index contributed by atoms with van der Waals surface area (Å²) < 4.78 is 37.8. The van der Waals surface area contributed by atoms with E-state index in [4.69, 9.17) is 9.47 Å². The van der Waals surface area contributed by atoms with Crippen molar-refractivity contribution in [2.45, 2.75) is 17.9 Å². The van der Waals surface area contributed by atoms with Crippen LogP contribution in [-0.4, -0.2) is 51.6 Å². The first-order valence-corrected chi connectivity index (χ1v) is 8.15. The molecule has 1 saturated heterocycles. The number of ether oxygens (including phenoxy) is 2. The van der Waals surface area contributed by atoms with Gasteiger partial charge in [-0.2, -0.15) is 4.31 Å². The van der Waals surface area contributed by atoms with E-state index in [0.29, 0.717) is 44.3 Å². The average molecular weight is 298 g/mol. The van der Waals surface area contributed by atoms with Crippen molar-refractivity contribution in [1.29, 1.82) is 0 Å². The number of hydrogen-bond acceptors (Lipinski definition) is 5. The molecule has 2 aliphatic heterocycles.